The van der Waals surface area contributed by atoms with E-state index in [0.29, 0.717) is 15.9 Å². The molecule has 0 spiro atoms. The Morgan fingerprint density at radius 3 is 2.20 bits per heavy atom. The molecule has 0 atom stereocenters. The van der Waals surface area contributed by atoms with Crippen LogP contribution in [0.2, 0.25) is 5.02 Å². The van der Waals surface area contributed by atoms with Gasteiger partial charge in [0, 0.05) is 11.0 Å². The molecule has 1 heterocycles. The summed E-state index contributed by atoms with van der Waals surface area (Å²) in [6.07, 6.45) is 0. The van der Waals surface area contributed by atoms with Gasteiger partial charge >= 0.3 is 0 Å². The van der Waals surface area contributed by atoms with Crippen LogP contribution in [0.5, 0.6) is 0 Å². The molecule has 0 N–H and O–H groups in total. The molecule has 1 aromatic heterocycles. The maximum absolute atomic E-state index is 12.9. The highest BCUT2D eigenvalue weighted by molar-refractivity contribution is 6.34. The summed E-state index contributed by atoms with van der Waals surface area (Å²) in [4.78, 5) is 17.6. The van der Waals surface area contributed by atoms with E-state index in [-0.39, 0.29) is 16.5 Å². The molecule has 0 aliphatic carbocycles. The van der Waals surface area contributed by atoms with Crippen molar-refractivity contribution in [2.24, 2.45) is 0 Å². The Hall–Kier alpha value is -1.35. The highest BCUT2D eigenvalue weighted by atomic mass is 35.5. The zero-order valence-electron chi connectivity index (χ0n) is 12.9. The number of hydrogen-bond acceptors (Lipinski definition) is 2. The quantitative estimate of drug-likeness (QED) is 0.732. The molecule has 1 aromatic carbocycles. The third kappa shape index (κ3) is 2.47. The maximum atomic E-state index is 12.9. The topological polar surface area (TPSA) is 34.9 Å². The average Bonchev–Trinajstić information content (AvgIpc) is 2.27. The minimum atomic E-state index is -0.330. The SMILES string of the molecule is CC(C)(C)c1nc2c(Cl)cccc2c(=O)n1C(C)(C)C. The van der Waals surface area contributed by atoms with Gasteiger partial charge in [-0.05, 0) is 32.9 Å². The Kier molecular flexibility index (Phi) is 3.45. The standard InChI is InChI=1S/C16H21ClN2O/c1-15(2,3)14-18-12-10(8-7-9-11(12)17)13(20)19(14)16(4,5)6/h7-9H,1-6H3. The average molecular weight is 293 g/mol. The fourth-order valence-corrected chi connectivity index (χ4v) is 2.52. The summed E-state index contributed by atoms with van der Waals surface area (Å²) in [5.74, 6) is 0.760. The summed E-state index contributed by atoms with van der Waals surface area (Å²) in [7, 11) is 0. The second kappa shape index (κ2) is 4.59. The molecule has 0 saturated carbocycles. The van der Waals surface area contributed by atoms with Gasteiger partial charge in [-0.25, -0.2) is 4.98 Å². The van der Waals surface area contributed by atoms with Crippen LogP contribution in [0.4, 0.5) is 0 Å². The molecule has 0 fully saturated rings. The van der Waals surface area contributed by atoms with Gasteiger partial charge in [-0.2, -0.15) is 0 Å². The van der Waals surface area contributed by atoms with Crippen molar-refractivity contribution in [3.63, 3.8) is 0 Å². The number of hydrogen-bond donors (Lipinski definition) is 0. The Morgan fingerprint density at radius 1 is 1.10 bits per heavy atom. The van der Waals surface area contributed by atoms with Crippen molar-refractivity contribution in [3.05, 3.63) is 39.4 Å². The van der Waals surface area contributed by atoms with E-state index in [1.165, 1.54) is 0 Å². The molecule has 0 aliphatic heterocycles. The molecule has 0 saturated heterocycles. The first-order valence-corrected chi connectivity index (χ1v) is 7.13. The van der Waals surface area contributed by atoms with Crippen LogP contribution in [0.1, 0.15) is 47.4 Å². The van der Waals surface area contributed by atoms with E-state index < -0.39 is 0 Å². The molecule has 3 nitrogen and oxygen atoms in total. The zero-order chi connectivity index (χ0) is 15.3. The summed E-state index contributed by atoms with van der Waals surface area (Å²) in [5, 5.41) is 1.09. The summed E-state index contributed by atoms with van der Waals surface area (Å²) in [5.41, 5.74) is -0.0114. The molecule has 2 aromatic rings. The maximum Gasteiger partial charge on any atom is 0.261 e. The minimum absolute atomic E-state index is 0.0325. The second-order valence-electron chi connectivity index (χ2n) is 7.13. The second-order valence-corrected chi connectivity index (χ2v) is 7.54. The van der Waals surface area contributed by atoms with Crippen LogP contribution < -0.4 is 5.56 Å². The van der Waals surface area contributed by atoms with Gasteiger partial charge in [-0.1, -0.05) is 38.4 Å². The van der Waals surface area contributed by atoms with Crippen LogP contribution in [-0.4, -0.2) is 9.55 Å². The summed E-state index contributed by atoms with van der Waals surface area (Å²) < 4.78 is 1.78. The van der Waals surface area contributed by atoms with Crippen molar-refractivity contribution in [1.82, 2.24) is 9.55 Å². The lowest BCUT2D eigenvalue weighted by Gasteiger charge is -2.31. The number of halogens is 1. The van der Waals surface area contributed by atoms with Crippen LogP contribution in [0.15, 0.2) is 23.0 Å². The predicted octanol–water partition coefficient (Wildman–Crippen LogP) is 4.10. The van der Waals surface area contributed by atoms with E-state index in [4.69, 9.17) is 16.6 Å². The van der Waals surface area contributed by atoms with Crippen molar-refractivity contribution in [3.8, 4) is 0 Å². The predicted molar refractivity (Wildman–Crippen MR) is 84.7 cm³/mol. The van der Waals surface area contributed by atoms with E-state index in [2.05, 4.69) is 20.8 Å². The van der Waals surface area contributed by atoms with Crippen molar-refractivity contribution < 1.29 is 0 Å². The van der Waals surface area contributed by atoms with E-state index in [1.807, 2.05) is 20.8 Å². The van der Waals surface area contributed by atoms with Gasteiger partial charge in [0.15, 0.2) is 0 Å². The van der Waals surface area contributed by atoms with Crippen molar-refractivity contribution in [1.29, 1.82) is 0 Å². The van der Waals surface area contributed by atoms with Gasteiger partial charge in [-0.3, -0.25) is 9.36 Å². The third-order valence-corrected chi connectivity index (χ3v) is 3.50. The fourth-order valence-electron chi connectivity index (χ4n) is 2.30. The summed E-state index contributed by atoms with van der Waals surface area (Å²) >= 11 is 6.21. The van der Waals surface area contributed by atoms with Gasteiger partial charge in [0.05, 0.1) is 15.9 Å². The lowest BCUT2D eigenvalue weighted by atomic mass is 9.93. The van der Waals surface area contributed by atoms with Gasteiger partial charge in [0.2, 0.25) is 0 Å². The molecule has 0 radical (unpaired) electrons. The third-order valence-electron chi connectivity index (χ3n) is 3.19. The van der Waals surface area contributed by atoms with Crippen LogP contribution in [-0.2, 0) is 11.0 Å². The number of para-hydroxylation sites is 1. The van der Waals surface area contributed by atoms with Crippen LogP contribution in [0.25, 0.3) is 10.9 Å². The molecule has 0 amide bonds. The molecule has 2 rings (SSSR count). The van der Waals surface area contributed by atoms with Crippen LogP contribution in [0.3, 0.4) is 0 Å². The molecule has 0 bridgehead atoms. The van der Waals surface area contributed by atoms with E-state index in [1.54, 1.807) is 22.8 Å². The molecule has 108 valence electrons. The number of rotatable bonds is 0. The first-order valence-electron chi connectivity index (χ1n) is 6.76. The van der Waals surface area contributed by atoms with E-state index in [0.717, 1.165) is 5.82 Å². The summed E-state index contributed by atoms with van der Waals surface area (Å²) in [6, 6.07) is 5.34. The lowest BCUT2D eigenvalue weighted by molar-refractivity contribution is 0.338. The van der Waals surface area contributed by atoms with E-state index >= 15 is 0 Å². The molecule has 20 heavy (non-hydrogen) atoms. The molecular formula is C16H21ClN2O. The van der Waals surface area contributed by atoms with Crippen LogP contribution >= 0.6 is 11.6 Å². The zero-order valence-corrected chi connectivity index (χ0v) is 13.7. The lowest BCUT2D eigenvalue weighted by Crippen LogP contribution is -2.40. The Bertz CT molecular complexity index is 718. The van der Waals surface area contributed by atoms with Crippen molar-refractivity contribution >= 4 is 22.5 Å². The summed E-state index contributed by atoms with van der Waals surface area (Å²) in [6.45, 7) is 12.2. The smallest absolute Gasteiger partial charge is 0.261 e. The number of aromatic nitrogens is 2. The molecule has 4 heteroatoms. The van der Waals surface area contributed by atoms with E-state index in [9.17, 15) is 4.79 Å². The monoisotopic (exact) mass is 292 g/mol. The number of fused-ring (bicyclic) bond motifs is 1. The Morgan fingerprint density at radius 2 is 1.70 bits per heavy atom. The first kappa shape index (κ1) is 15.0. The normalized spacial score (nSPS) is 12.9. The fraction of sp³-hybridized carbons (Fsp3) is 0.500. The van der Waals surface area contributed by atoms with Gasteiger partial charge in [0.1, 0.15) is 5.82 Å². The van der Waals surface area contributed by atoms with Crippen LogP contribution in [0, 0.1) is 0 Å². The molecular weight excluding hydrogens is 272 g/mol. The van der Waals surface area contributed by atoms with Crippen molar-refractivity contribution in [2.45, 2.75) is 52.5 Å². The largest absolute Gasteiger partial charge is 0.290 e. The Balaban J connectivity index is 3.04. The van der Waals surface area contributed by atoms with Gasteiger partial charge < -0.3 is 0 Å². The number of nitrogens with zero attached hydrogens (tertiary/aromatic N) is 2. The molecule has 0 aliphatic rings. The minimum Gasteiger partial charge on any atom is -0.290 e. The first-order chi connectivity index (χ1) is 9.03. The van der Waals surface area contributed by atoms with Crippen molar-refractivity contribution in [2.75, 3.05) is 0 Å². The van der Waals surface area contributed by atoms with Gasteiger partial charge in [0.25, 0.3) is 5.56 Å². The highest BCUT2D eigenvalue weighted by Gasteiger charge is 2.28. The Labute approximate surface area is 124 Å². The number of benzene rings is 1. The van der Waals surface area contributed by atoms with Gasteiger partial charge in [-0.15, -0.1) is 0 Å². The molecule has 0 unspecified atom stereocenters. The highest BCUT2D eigenvalue weighted by Crippen LogP contribution is 2.28.